The molecule has 1 aromatic carbocycles. The monoisotopic (exact) mass is 276 g/mol. The van der Waals surface area contributed by atoms with Crippen molar-refractivity contribution in [2.45, 2.75) is 10.2 Å². The van der Waals surface area contributed by atoms with Crippen LogP contribution in [-0.4, -0.2) is 0 Å². The van der Waals surface area contributed by atoms with Gasteiger partial charge in [0, 0.05) is 25.7 Å². The van der Waals surface area contributed by atoms with Gasteiger partial charge >= 0.3 is 0 Å². The van der Waals surface area contributed by atoms with E-state index in [1.165, 1.54) is 16.7 Å². The number of thiol groups is 1. The van der Waals surface area contributed by atoms with E-state index in [0.717, 1.165) is 20.5 Å². The second-order valence-electron chi connectivity index (χ2n) is 2.70. The third kappa shape index (κ3) is 1.63. The van der Waals surface area contributed by atoms with Gasteiger partial charge in [0.15, 0.2) is 0 Å². The second-order valence-corrected chi connectivity index (χ2v) is 4.68. The van der Waals surface area contributed by atoms with Crippen LogP contribution >= 0.6 is 39.9 Å². The molecule has 0 saturated carbocycles. The Morgan fingerprint density at radius 1 is 1.46 bits per heavy atom. The molecule has 0 unspecified atom stereocenters. The van der Waals surface area contributed by atoms with Crippen molar-refractivity contribution in [2.24, 2.45) is 0 Å². The Morgan fingerprint density at radius 2 is 2.23 bits per heavy atom. The first kappa shape index (κ1) is 9.49. The number of fused-ring (bicyclic) bond motifs is 1. The largest absolute Gasteiger partial charge is 0.205 e. The zero-order valence-electron chi connectivity index (χ0n) is 6.55. The number of thiophene rings is 1. The minimum Gasteiger partial charge on any atom is -0.205 e. The van der Waals surface area contributed by atoms with Crippen LogP contribution in [0.25, 0.3) is 10.1 Å². The zero-order chi connectivity index (χ0) is 9.42. The van der Waals surface area contributed by atoms with E-state index in [9.17, 15) is 4.39 Å². The maximum atomic E-state index is 13.3. The Hall–Kier alpha value is -0.0600. The summed E-state index contributed by atoms with van der Waals surface area (Å²) in [5.74, 6) is -0.136. The summed E-state index contributed by atoms with van der Waals surface area (Å²) in [6.45, 7) is 0. The summed E-state index contributed by atoms with van der Waals surface area (Å²) in [5, 5.41) is 2.91. The molecule has 0 atom stereocenters. The van der Waals surface area contributed by atoms with Crippen molar-refractivity contribution in [3.05, 3.63) is 28.9 Å². The molecule has 0 saturated heterocycles. The molecule has 0 N–H and O–H groups in total. The van der Waals surface area contributed by atoms with E-state index in [1.807, 2.05) is 12.1 Å². The van der Waals surface area contributed by atoms with Gasteiger partial charge in [0.1, 0.15) is 5.82 Å². The van der Waals surface area contributed by atoms with E-state index >= 15 is 0 Å². The fourth-order valence-electron chi connectivity index (χ4n) is 1.30. The summed E-state index contributed by atoms with van der Waals surface area (Å²) in [4.78, 5) is 0.879. The van der Waals surface area contributed by atoms with Crippen molar-refractivity contribution in [3.8, 4) is 0 Å². The van der Waals surface area contributed by atoms with Crippen LogP contribution in [0.2, 0.25) is 0 Å². The van der Waals surface area contributed by atoms with E-state index in [-0.39, 0.29) is 5.82 Å². The van der Waals surface area contributed by atoms with Crippen LogP contribution < -0.4 is 0 Å². The maximum absolute atomic E-state index is 13.3. The number of rotatable bonds is 1. The molecule has 1 aromatic heterocycles. The molecule has 2 rings (SSSR count). The lowest BCUT2D eigenvalue weighted by Gasteiger charge is -2.00. The Morgan fingerprint density at radius 3 is 2.92 bits per heavy atom. The highest BCUT2D eigenvalue weighted by atomic mass is 79.9. The summed E-state index contributed by atoms with van der Waals surface area (Å²) < 4.78 is 14.2. The van der Waals surface area contributed by atoms with Crippen LogP contribution in [0.15, 0.2) is 22.4 Å². The molecule has 13 heavy (non-hydrogen) atoms. The highest BCUT2D eigenvalue weighted by molar-refractivity contribution is 9.08. The molecule has 0 nitrogen and oxygen atoms in total. The van der Waals surface area contributed by atoms with E-state index in [4.69, 9.17) is 0 Å². The van der Waals surface area contributed by atoms with Crippen molar-refractivity contribution in [1.29, 1.82) is 0 Å². The third-order valence-electron chi connectivity index (χ3n) is 1.84. The molecule has 0 aliphatic rings. The third-order valence-corrected chi connectivity index (χ3v) is 3.60. The van der Waals surface area contributed by atoms with Crippen molar-refractivity contribution in [1.82, 2.24) is 0 Å². The molecular formula is C9H6BrFS2. The van der Waals surface area contributed by atoms with Crippen LogP contribution in [0.1, 0.15) is 5.56 Å². The minimum absolute atomic E-state index is 0.136. The molecule has 0 radical (unpaired) electrons. The molecule has 2 aromatic rings. The molecule has 68 valence electrons. The summed E-state index contributed by atoms with van der Waals surface area (Å²) in [7, 11) is 0. The summed E-state index contributed by atoms with van der Waals surface area (Å²) >= 11 is 9.01. The first-order valence-electron chi connectivity index (χ1n) is 3.67. The van der Waals surface area contributed by atoms with Crippen molar-refractivity contribution in [2.75, 3.05) is 0 Å². The topological polar surface area (TPSA) is 0 Å². The van der Waals surface area contributed by atoms with E-state index < -0.39 is 0 Å². The van der Waals surface area contributed by atoms with Gasteiger partial charge in [-0.2, -0.15) is 0 Å². The average molecular weight is 277 g/mol. The molecule has 0 amide bonds. The lowest BCUT2D eigenvalue weighted by Crippen LogP contribution is -1.81. The fraction of sp³-hybridized carbons (Fsp3) is 0.111. The van der Waals surface area contributed by atoms with Crippen LogP contribution in [0.4, 0.5) is 4.39 Å². The molecule has 1 heterocycles. The second kappa shape index (κ2) is 3.59. The SMILES string of the molecule is Fc1csc2cc(S)cc(CBr)c12. The molecule has 0 aliphatic carbocycles. The molecule has 4 heteroatoms. The van der Waals surface area contributed by atoms with Crippen LogP contribution in [0.3, 0.4) is 0 Å². The predicted molar refractivity (Wildman–Crippen MR) is 61.7 cm³/mol. The minimum atomic E-state index is -0.136. The predicted octanol–water partition coefficient (Wildman–Crippen LogP) is 4.22. The van der Waals surface area contributed by atoms with Gasteiger partial charge in [-0.3, -0.25) is 0 Å². The Bertz CT molecular complexity index is 450. The van der Waals surface area contributed by atoms with Gasteiger partial charge in [-0.25, -0.2) is 4.39 Å². The summed E-state index contributed by atoms with van der Waals surface area (Å²) in [6, 6.07) is 3.77. The number of halogens is 2. The van der Waals surface area contributed by atoms with Gasteiger partial charge in [0.25, 0.3) is 0 Å². The first-order chi connectivity index (χ1) is 6.22. The van der Waals surface area contributed by atoms with Crippen molar-refractivity contribution in [3.63, 3.8) is 0 Å². The quantitative estimate of drug-likeness (QED) is 0.585. The Labute approximate surface area is 93.3 Å². The number of benzene rings is 1. The normalized spacial score (nSPS) is 11.0. The van der Waals surface area contributed by atoms with Gasteiger partial charge in [0.05, 0.1) is 0 Å². The van der Waals surface area contributed by atoms with E-state index in [1.54, 1.807) is 0 Å². The summed E-state index contributed by atoms with van der Waals surface area (Å²) in [5.41, 5.74) is 0.959. The lowest BCUT2D eigenvalue weighted by atomic mass is 10.1. The first-order valence-corrected chi connectivity index (χ1v) is 6.11. The highest BCUT2D eigenvalue weighted by Crippen LogP contribution is 2.31. The molecule has 0 aliphatic heterocycles. The standard InChI is InChI=1S/C9H6BrFS2/c10-3-5-1-6(12)2-8-9(5)7(11)4-13-8/h1-2,4,12H,3H2. The Kier molecular flexibility index (Phi) is 2.62. The zero-order valence-corrected chi connectivity index (χ0v) is 9.85. The van der Waals surface area contributed by atoms with Crippen LogP contribution in [-0.2, 0) is 5.33 Å². The molecule has 0 spiro atoms. The lowest BCUT2D eigenvalue weighted by molar-refractivity contribution is 0.643. The van der Waals surface area contributed by atoms with Crippen molar-refractivity contribution >= 4 is 50.0 Å². The van der Waals surface area contributed by atoms with Crippen molar-refractivity contribution < 1.29 is 4.39 Å². The highest BCUT2D eigenvalue weighted by Gasteiger charge is 2.08. The van der Waals surface area contributed by atoms with Gasteiger partial charge in [-0.05, 0) is 17.7 Å². The van der Waals surface area contributed by atoms with E-state index in [0.29, 0.717) is 5.33 Å². The number of alkyl halides is 1. The average Bonchev–Trinajstić information content (AvgIpc) is 2.46. The molecule has 0 bridgehead atoms. The number of hydrogen-bond acceptors (Lipinski definition) is 2. The fourth-order valence-corrected chi connectivity index (χ4v) is 3.00. The number of hydrogen-bond donors (Lipinski definition) is 1. The van der Waals surface area contributed by atoms with Gasteiger partial charge < -0.3 is 0 Å². The molecule has 0 fully saturated rings. The van der Waals surface area contributed by atoms with Crippen LogP contribution in [0, 0.1) is 5.82 Å². The van der Waals surface area contributed by atoms with E-state index in [2.05, 4.69) is 28.6 Å². The molecular weight excluding hydrogens is 271 g/mol. The van der Waals surface area contributed by atoms with Gasteiger partial charge in [-0.1, -0.05) is 15.9 Å². The maximum Gasteiger partial charge on any atom is 0.142 e. The van der Waals surface area contributed by atoms with Gasteiger partial charge in [0.2, 0.25) is 0 Å². The smallest absolute Gasteiger partial charge is 0.142 e. The Balaban J connectivity index is 2.85. The van der Waals surface area contributed by atoms with Crippen LogP contribution in [0.5, 0.6) is 0 Å². The summed E-state index contributed by atoms with van der Waals surface area (Å²) in [6.07, 6.45) is 0. The van der Waals surface area contributed by atoms with Gasteiger partial charge in [-0.15, -0.1) is 24.0 Å².